The summed E-state index contributed by atoms with van der Waals surface area (Å²) < 4.78 is 0. The van der Waals surface area contributed by atoms with E-state index in [4.69, 9.17) is 4.84 Å². The second kappa shape index (κ2) is 4.28. The molecule has 0 aromatic rings. The average molecular weight is 200 g/mol. The van der Waals surface area contributed by atoms with Crippen LogP contribution in [0, 0.1) is 0 Å². The zero-order valence-electron chi connectivity index (χ0n) is 9.39. The summed E-state index contributed by atoms with van der Waals surface area (Å²) in [4.78, 5) is 16.8. The molecular formula is C10H20N2O2. The summed E-state index contributed by atoms with van der Waals surface area (Å²) >= 11 is 0. The van der Waals surface area contributed by atoms with Crippen LogP contribution in [0.3, 0.4) is 0 Å². The maximum absolute atomic E-state index is 11.5. The van der Waals surface area contributed by atoms with Gasteiger partial charge in [0.25, 0.3) is 0 Å². The van der Waals surface area contributed by atoms with E-state index < -0.39 is 0 Å². The summed E-state index contributed by atoms with van der Waals surface area (Å²) in [7, 11) is 0. The van der Waals surface area contributed by atoms with E-state index in [2.05, 4.69) is 10.8 Å². The smallest absolute Gasteiger partial charge is 0.239 e. The number of carbonyl (C=O) groups is 1. The molecule has 0 saturated heterocycles. The highest BCUT2D eigenvalue weighted by Crippen LogP contribution is 2.18. The Balaban J connectivity index is 2.19. The summed E-state index contributed by atoms with van der Waals surface area (Å²) in [6.07, 6.45) is 2.22. The fourth-order valence-corrected chi connectivity index (χ4v) is 0.873. The minimum Gasteiger partial charge on any atom is -0.352 e. The predicted molar refractivity (Wildman–Crippen MR) is 54.6 cm³/mol. The van der Waals surface area contributed by atoms with E-state index in [1.54, 1.807) is 6.92 Å². The third-order valence-electron chi connectivity index (χ3n) is 1.86. The normalized spacial score (nSPS) is 19.1. The van der Waals surface area contributed by atoms with Gasteiger partial charge in [-0.3, -0.25) is 9.63 Å². The Morgan fingerprint density at radius 3 is 2.43 bits per heavy atom. The Labute approximate surface area is 85.3 Å². The van der Waals surface area contributed by atoms with Crippen LogP contribution in [-0.2, 0) is 9.63 Å². The minimum absolute atomic E-state index is 0.0109. The number of carbonyl (C=O) groups excluding carboxylic acids is 1. The Bertz CT molecular complexity index is 207. The number of rotatable bonds is 4. The molecule has 0 aromatic heterocycles. The van der Waals surface area contributed by atoms with Crippen LogP contribution in [0.25, 0.3) is 0 Å². The Hall–Kier alpha value is -0.610. The molecule has 1 fully saturated rings. The van der Waals surface area contributed by atoms with Crippen molar-refractivity contribution in [2.45, 2.75) is 58.2 Å². The van der Waals surface area contributed by atoms with Gasteiger partial charge < -0.3 is 5.32 Å². The molecule has 1 atom stereocenters. The van der Waals surface area contributed by atoms with E-state index in [0.29, 0.717) is 6.04 Å². The van der Waals surface area contributed by atoms with Crippen molar-refractivity contribution in [1.29, 1.82) is 0 Å². The second-order valence-electron chi connectivity index (χ2n) is 4.84. The predicted octanol–water partition coefficient (Wildman–Crippen LogP) is 0.973. The van der Waals surface area contributed by atoms with Gasteiger partial charge in [0.1, 0.15) is 6.04 Å². The number of hydrogen-bond donors (Lipinski definition) is 2. The lowest BCUT2D eigenvalue weighted by Crippen LogP contribution is -2.45. The molecule has 1 amide bonds. The summed E-state index contributed by atoms with van der Waals surface area (Å²) in [5, 5.41) is 2.91. The summed E-state index contributed by atoms with van der Waals surface area (Å²) in [5.41, 5.74) is 2.47. The molecule has 1 rings (SSSR count). The van der Waals surface area contributed by atoms with E-state index in [9.17, 15) is 4.79 Å². The van der Waals surface area contributed by atoms with E-state index in [1.807, 2.05) is 20.8 Å². The van der Waals surface area contributed by atoms with Crippen LogP contribution in [0.2, 0.25) is 0 Å². The molecule has 0 radical (unpaired) electrons. The lowest BCUT2D eigenvalue weighted by molar-refractivity contribution is -0.133. The summed E-state index contributed by atoms with van der Waals surface area (Å²) in [6, 6.07) is 0.108. The highest BCUT2D eigenvalue weighted by Gasteiger charge is 2.26. The fraction of sp³-hybridized carbons (Fsp3) is 0.900. The van der Waals surface area contributed by atoms with Crippen molar-refractivity contribution < 1.29 is 9.63 Å². The number of hydroxylamine groups is 1. The lowest BCUT2D eigenvalue weighted by atomic mass is 10.2. The largest absolute Gasteiger partial charge is 0.352 e. The van der Waals surface area contributed by atoms with Crippen molar-refractivity contribution in [3.05, 3.63) is 0 Å². The van der Waals surface area contributed by atoms with Crippen molar-refractivity contribution in [2.24, 2.45) is 0 Å². The molecule has 1 aliphatic carbocycles. The third kappa shape index (κ3) is 4.58. The summed E-state index contributed by atoms with van der Waals surface area (Å²) in [5.74, 6) is 0.0109. The molecular weight excluding hydrogens is 180 g/mol. The molecule has 1 aliphatic rings. The quantitative estimate of drug-likeness (QED) is 0.665. The second-order valence-corrected chi connectivity index (χ2v) is 4.84. The lowest BCUT2D eigenvalue weighted by Gasteiger charge is -2.22. The van der Waals surface area contributed by atoms with Crippen molar-refractivity contribution in [1.82, 2.24) is 10.8 Å². The Kier molecular flexibility index (Phi) is 3.50. The number of hydrogen-bond acceptors (Lipinski definition) is 3. The molecule has 82 valence electrons. The first-order chi connectivity index (χ1) is 6.38. The van der Waals surface area contributed by atoms with E-state index >= 15 is 0 Å². The van der Waals surface area contributed by atoms with Gasteiger partial charge in [-0.2, -0.15) is 5.48 Å². The third-order valence-corrected chi connectivity index (χ3v) is 1.86. The SMILES string of the molecule is CC(NOC(C)(C)C)C(=O)NC1CC1. The molecule has 4 nitrogen and oxygen atoms in total. The maximum atomic E-state index is 11.5. The van der Waals surface area contributed by atoms with Crippen LogP contribution in [0.15, 0.2) is 0 Å². The average Bonchev–Trinajstić information content (AvgIpc) is 2.82. The Morgan fingerprint density at radius 2 is 2.00 bits per heavy atom. The van der Waals surface area contributed by atoms with Crippen LogP contribution < -0.4 is 10.8 Å². The minimum atomic E-state index is -0.296. The van der Waals surface area contributed by atoms with Crippen LogP contribution >= 0.6 is 0 Å². The Morgan fingerprint density at radius 1 is 1.43 bits per heavy atom. The maximum Gasteiger partial charge on any atom is 0.239 e. The van der Waals surface area contributed by atoms with Crippen molar-refractivity contribution >= 4 is 5.91 Å². The molecule has 0 spiro atoms. The molecule has 0 aliphatic heterocycles. The number of amides is 1. The van der Waals surface area contributed by atoms with E-state index in [0.717, 1.165) is 12.8 Å². The molecule has 1 saturated carbocycles. The molecule has 2 N–H and O–H groups in total. The molecule has 0 heterocycles. The number of nitrogens with one attached hydrogen (secondary N) is 2. The molecule has 4 heteroatoms. The molecule has 0 aromatic carbocycles. The highest BCUT2D eigenvalue weighted by molar-refractivity contribution is 5.81. The van der Waals surface area contributed by atoms with Crippen LogP contribution in [0.1, 0.15) is 40.5 Å². The zero-order valence-corrected chi connectivity index (χ0v) is 9.39. The van der Waals surface area contributed by atoms with Gasteiger partial charge in [0.2, 0.25) is 5.91 Å². The van der Waals surface area contributed by atoms with Crippen LogP contribution in [-0.4, -0.2) is 23.6 Å². The monoisotopic (exact) mass is 200 g/mol. The summed E-state index contributed by atoms with van der Waals surface area (Å²) in [6.45, 7) is 7.60. The van der Waals surface area contributed by atoms with Gasteiger partial charge in [0.05, 0.1) is 5.60 Å². The van der Waals surface area contributed by atoms with E-state index in [1.165, 1.54) is 0 Å². The van der Waals surface area contributed by atoms with Gasteiger partial charge in [-0.15, -0.1) is 0 Å². The van der Waals surface area contributed by atoms with Gasteiger partial charge >= 0.3 is 0 Å². The van der Waals surface area contributed by atoms with Gasteiger partial charge in [0.15, 0.2) is 0 Å². The van der Waals surface area contributed by atoms with Gasteiger partial charge in [0, 0.05) is 6.04 Å². The van der Waals surface area contributed by atoms with Crippen molar-refractivity contribution in [2.75, 3.05) is 0 Å². The van der Waals surface area contributed by atoms with Crippen LogP contribution in [0.5, 0.6) is 0 Å². The first kappa shape index (κ1) is 11.5. The molecule has 1 unspecified atom stereocenters. The first-order valence-electron chi connectivity index (χ1n) is 5.12. The molecule has 14 heavy (non-hydrogen) atoms. The van der Waals surface area contributed by atoms with E-state index in [-0.39, 0.29) is 17.6 Å². The van der Waals surface area contributed by atoms with Gasteiger partial charge in [-0.25, -0.2) is 0 Å². The first-order valence-corrected chi connectivity index (χ1v) is 5.12. The fourth-order valence-electron chi connectivity index (χ4n) is 0.873. The van der Waals surface area contributed by atoms with Gasteiger partial charge in [-0.05, 0) is 40.5 Å². The van der Waals surface area contributed by atoms with Crippen molar-refractivity contribution in [3.8, 4) is 0 Å². The zero-order chi connectivity index (χ0) is 10.8. The van der Waals surface area contributed by atoms with Gasteiger partial charge in [-0.1, -0.05) is 0 Å². The van der Waals surface area contributed by atoms with Crippen molar-refractivity contribution in [3.63, 3.8) is 0 Å². The highest BCUT2D eigenvalue weighted by atomic mass is 16.7. The standard InChI is InChI=1S/C10H20N2O2/c1-7(12-14-10(2,3)4)9(13)11-8-5-6-8/h7-8,12H,5-6H2,1-4H3,(H,11,13). The topological polar surface area (TPSA) is 50.4 Å². The molecule has 0 bridgehead atoms. The van der Waals surface area contributed by atoms with Crippen LogP contribution in [0.4, 0.5) is 0 Å².